The van der Waals surface area contributed by atoms with Gasteiger partial charge in [-0.1, -0.05) is 58.4 Å². The number of benzene rings is 2. The Balaban J connectivity index is 1.92. The molecule has 1 saturated heterocycles. The number of thiol groups is 1. The number of aliphatic carboxylic acids is 3. The Kier molecular flexibility index (Phi) is 31.9. The molecule has 2 aromatic carbocycles. The van der Waals surface area contributed by atoms with Gasteiger partial charge in [-0.3, -0.25) is 62.7 Å². The standard InChI is InChI=1S/C58H88N16O17S/c1-5-30(4)46(73-52(86)40(26-44(77)78)70-53(87)42(28-92)72-51(85)39(25-32-14-18-34(76)19-15-32)68-47(81)35(59)24-31-12-16-33(75)17-13-31)54(88)67-37(10-7-21-65-58(62)63)48(82)69-38(23-29(2)3)50(84)66-36(9-6-20-64-57(60)61)49(83)71-41(27-45(79)80)55(89)74-22-8-11-43(74)56(90)91/h12-19,29-30,35-43,46,75-76,92H,5-11,20-28,59H2,1-4H3,(H,66,84)(H,67,88)(H,68,81)(H,69,82)(H,70,87)(H,71,83)(H,72,85)(H,73,86)(H,77,78)(H,79,80)(H,90,91)(H4,60,61,64)(H4,62,63,65)/t30-,35-,36-,37-,38-,39-,40-,41-,42-,43-,46-/m0/s1. The zero-order valence-electron chi connectivity index (χ0n) is 51.7. The second-order valence-electron chi connectivity index (χ2n) is 22.6. The highest BCUT2D eigenvalue weighted by molar-refractivity contribution is 7.80. The van der Waals surface area contributed by atoms with Crippen LogP contribution < -0.4 is 71.2 Å². The predicted molar refractivity (Wildman–Crippen MR) is 337 cm³/mol. The van der Waals surface area contributed by atoms with Crippen molar-refractivity contribution in [2.24, 2.45) is 50.5 Å². The van der Waals surface area contributed by atoms with Crippen molar-refractivity contribution in [2.75, 3.05) is 25.4 Å². The van der Waals surface area contributed by atoms with Crippen LogP contribution in [0.4, 0.5) is 0 Å². The molecular formula is C58H88N16O17S. The van der Waals surface area contributed by atoms with Crippen molar-refractivity contribution < 1.29 is 83.1 Å². The molecule has 508 valence electrons. The van der Waals surface area contributed by atoms with Gasteiger partial charge in [0, 0.05) is 31.8 Å². The molecule has 9 amide bonds. The summed E-state index contributed by atoms with van der Waals surface area (Å²) in [5.41, 5.74) is 29.3. The number of hydrogen-bond acceptors (Lipinski definition) is 18. The summed E-state index contributed by atoms with van der Waals surface area (Å²) in [5.74, 6) is -15.6. The van der Waals surface area contributed by atoms with Crippen molar-refractivity contribution >= 4 is 95.6 Å². The molecule has 0 aliphatic carbocycles. The van der Waals surface area contributed by atoms with Gasteiger partial charge < -0.3 is 102 Å². The summed E-state index contributed by atoms with van der Waals surface area (Å²) in [5, 5.41) is 68.9. The van der Waals surface area contributed by atoms with Crippen LogP contribution in [0.15, 0.2) is 58.5 Å². The minimum Gasteiger partial charge on any atom is -0.508 e. The fraction of sp³-hybridized carbons (Fsp3) is 0.552. The lowest BCUT2D eigenvalue weighted by Crippen LogP contribution is -2.62. The van der Waals surface area contributed by atoms with Crippen LogP contribution in [0.3, 0.4) is 0 Å². The van der Waals surface area contributed by atoms with Crippen LogP contribution in [0.2, 0.25) is 0 Å². The van der Waals surface area contributed by atoms with E-state index in [1.54, 1.807) is 39.8 Å². The minimum absolute atomic E-state index is 0.00361. The normalized spacial score (nSPS) is 15.9. The molecule has 2 aromatic rings. The van der Waals surface area contributed by atoms with Gasteiger partial charge in [0.05, 0.1) is 18.9 Å². The van der Waals surface area contributed by atoms with Gasteiger partial charge in [0.15, 0.2) is 11.9 Å². The number of hydrogen-bond donors (Lipinski definition) is 19. The maximum Gasteiger partial charge on any atom is 0.326 e. The first-order valence-corrected chi connectivity index (χ1v) is 30.4. The number of carbonyl (C=O) groups is 12. The number of phenols is 2. The van der Waals surface area contributed by atoms with Crippen LogP contribution in [0, 0.1) is 11.8 Å². The van der Waals surface area contributed by atoms with E-state index in [1.165, 1.54) is 36.4 Å². The number of carboxylic acid groups (broad SMARTS) is 3. The fourth-order valence-electron chi connectivity index (χ4n) is 9.60. The Labute approximate surface area is 536 Å². The number of aliphatic imine (C=N–C) groups is 2. The largest absolute Gasteiger partial charge is 0.508 e. The van der Waals surface area contributed by atoms with E-state index >= 15 is 0 Å². The zero-order chi connectivity index (χ0) is 68.9. The Hall–Kier alpha value is -9.47. The summed E-state index contributed by atoms with van der Waals surface area (Å²) >= 11 is 4.22. The summed E-state index contributed by atoms with van der Waals surface area (Å²) in [7, 11) is 0. The Bertz CT molecular complexity index is 2950. The van der Waals surface area contributed by atoms with Crippen molar-refractivity contribution in [3.05, 3.63) is 59.7 Å². The number of amides is 9. The fourth-order valence-corrected chi connectivity index (χ4v) is 9.86. The van der Waals surface area contributed by atoms with Gasteiger partial charge >= 0.3 is 17.9 Å². The molecule has 0 spiro atoms. The van der Waals surface area contributed by atoms with Crippen LogP contribution >= 0.6 is 12.6 Å². The highest BCUT2D eigenvalue weighted by Crippen LogP contribution is 2.21. The lowest BCUT2D eigenvalue weighted by Gasteiger charge is -2.30. The molecule has 1 heterocycles. The van der Waals surface area contributed by atoms with E-state index in [1.807, 2.05) is 0 Å². The minimum atomic E-state index is -1.92. The summed E-state index contributed by atoms with van der Waals surface area (Å²) in [6.45, 7) is 6.47. The average Bonchev–Trinajstić information content (AvgIpc) is 1.63. The molecule has 11 atom stereocenters. The van der Waals surface area contributed by atoms with Crippen LogP contribution in [0.25, 0.3) is 0 Å². The summed E-state index contributed by atoms with van der Waals surface area (Å²) in [4.78, 5) is 172. The molecule has 0 radical (unpaired) electrons. The number of carbonyl (C=O) groups excluding carboxylic acids is 9. The smallest absolute Gasteiger partial charge is 0.326 e. The molecule has 0 bridgehead atoms. The van der Waals surface area contributed by atoms with E-state index in [2.05, 4.69) is 65.1 Å². The van der Waals surface area contributed by atoms with E-state index in [4.69, 9.17) is 28.7 Å². The van der Waals surface area contributed by atoms with Crippen molar-refractivity contribution in [1.82, 2.24) is 47.4 Å². The molecule has 3 rings (SSSR count). The molecule has 92 heavy (non-hydrogen) atoms. The zero-order valence-corrected chi connectivity index (χ0v) is 52.6. The molecule has 23 N–H and O–H groups in total. The monoisotopic (exact) mass is 1310 g/mol. The molecule has 1 fully saturated rings. The first-order chi connectivity index (χ1) is 43.3. The van der Waals surface area contributed by atoms with Crippen molar-refractivity contribution in [2.45, 2.75) is 165 Å². The quantitative estimate of drug-likeness (QED) is 0.0132. The van der Waals surface area contributed by atoms with E-state index < -0.39 is 156 Å². The molecule has 0 unspecified atom stereocenters. The third-order valence-corrected chi connectivity index (χ3v) is 15.0. The third-order valence-electron chi connectivity index (χ3n) is 14.7. The maximum atomic E-state index is 14.5. The van der Waals surface area contributed by atoms with Crippen molar-refractivity contribution in [1.29, 1.82) is 0 Å². The maximum absolute atomic E-state index is 14.5. The van der Waals surface area contributed by atoms with E-state index in [0.717, 1.165) is 4.90 Å². The average molecular weight is 1310 g/mol. The Morgan fingerprint density at radius 2 is 0.967 bits per heavy atom. The molecular weight excluding hydrogens is 1220 g/mol. The number of rotatable bonds is 39. The van der Waals surface area contributed by atoms with Gasteiger partial charge in [0.25, 0.3) is 0 Å². The van der Waals surface area contributed by atoms with Gasteiger partial charge in [0.2, 0.25) is 53.2 Å². The molecule has 33 nitrogen and oxygen atoms in total. The summed E-state index contributed by atoms with van der Waals surface area (Å²) in [6, 6.07) is -3.71. The molecule has 1 aliphatic heterocycles. The van der Waals surface area contributed by atoms with Crippen LogP contribution in [-0.2, 0) is 70.4 Å². The lowest BCUT2D eigenvalue weighted by atomic mass is 9.96. The van der Waals surface area contributed by atoms with E-state index in [0.29, 0.717) is 17.5 Å². The number of phenolic OH excluding ortho intramolecular Hbond substituents is 2. The second-order valence-corrected chi connectivity index (χ2v) is 22.9. The van der Waals surface area contributed by atoms with Gasteiger partial charge in [-0.15, -0.1) is 0 Å². The molecule has 0 aromatic heterocycles. The van der Waals surface area contributed by atoms with Crippen LogP contribution in [0.1, 0.15) is 103 Å². The van der Waals surface area contributed by atoms with E-state index in [9.17, 15) is 83.1 Å². The molecule has 0 saturated carbocycles. The number of guanidine groups is 2. The topological polar surface area (TPSA) is 560 Å². The number of nitrogens with two attached hydrogens (primary N) is 5. The van der Waals surface area contributed by atoms with Gasteiger partial charge in [-0.25, -0.2) is 4.79 Å². The third kappa shape index (κ3) is 26.5. The van der Waals surface area contributed by atoms with Gasteiger partial charge in [-0.05, 0) is 98.6 Å². The van der Waals surface area contributed by atoms with Gasteiger partial charge in [-0.2, -0.15) is 12.6 Å². The highest BCUT2D eigenvalue weighted by Gasteiger charge is 2.41. The number of aromatic hydroxyl groups is 2. The van der Waals surface area contributed by atoms with E-state index in [-0.39, 0.29) is 107 Å². The predicted octanol–water partition coefficient (Wildman–Crippen LogP) is -3.76. The number of nitrogens with zero attached hydrogens (tertiary/aromatic N) is 3. The molecule has 34 heteroatoms. The first-order valence-electron chi connectivity index (χ1n) is 29.8. The van der Waals surface area contributed by atoms with Crippen molar-refractivity contribution in [3.63, 3.8) is 0 Å². The summed E-state index contributed by atoms with van der Waals surface area (Å²) in [6.07, 6.45) is -2.08. The molecule has 1 aliphatic rings. The SMILES string of the molecule is CC[C@H](C)[C@H](NC(=O)[C@H](CC(=O)O)NC(=O)[C@H](CS)NC(=O)[C@H](Cc1ccc(O)cc1)NC(=O)[C@@H](N)Cc1ccc(O)cc1)C(=O)N[C@@H](CCCN=C(N)N)C(=O)N[C@@H](CC(C)C)C(=O)N[C@@H](CCCN=C(N)N)C(=O)N[C@@H](CC(=O)O)C(=O)N1CCC[C@H]1C(=O)O. The van der Waals surface area contributed by atoms with Gasteiger partial charge in [0.1, 0.15) is 65.9 Å². The second kappa shape index (κ2) is 38.3. The number of nitrogens with one attached hydrogen (secondary N) is 8. The van der Waals surface area contributed by atoms with Crippen molar-refractivity contribution in [3.8, 4) is 11.5 Å². The highest BCUT2D eigenvalue weighted by atomic mass is 32.1. The number of carboxylic acids is 3. The Morgan fingerprint density at radius 3 is 1.45 bits per heavy atom. The van der Waals surface area contributed by atoms with Crippen LogP contribution in [-0.4, -0.2) is 199 Å². The first kappa shape index (κ1) is 76.8. The lowest BCUT2D eigenvalue weighted by molar-refractivity contribution is -0.150. The Morgan fingerprint density at radius 1 is 0.554 bits per heavy atom. The van der Waals surface area contributed by atoms with Crippen LogP contribution in [0.5, 0.6) is 11.5 Å². The summed E-state index contributed by atoms with van der Waals surface area (Å²) < 4.78 is 0. The number of likely N-dealkylation sites (tertiary alicyclic amines) is 1.